The van der Waals surface area contributed by atoms with Gasteiger partial charge in [-0.05, 0) is 13.0 Å². The smallest absolute Gasteiger partial charge is 0.236 e. The van der Waals surface area contributed by atoms with Crippen molar-refractivity contribution < 1.29 is 9.53 Å². The fourth-order valence-corrected chi connectivity index (χ4v) is 0.893. The lowest BCUT2D eigenvalue weighted by Gasteiger charge is -2.09. The highest BCUT2D eigenvalue weighted by molar-refractivity contribution is 5.79. The minimum Gasteiger partial charge on any atom is -0.379 e. The lowest BCUT2D eigenvalue weighted by atomic mass is 10.3. The molecular weight excluding hydrogens is 132 g/mol. The predicted molar refractivity (Wildman–Crippen MR) is 36.4 cm³/mol. The third-order valence-corrected chi connectivity index (χ3v) is 1.48. The number of carbonyl (C=O) groups is 1. The molecule has 1 rings (SSSR count). The molecule has 1 saturated heterocycles. The third-order valence-electron chi connectivity index (χ3n) is 1.48. The number of ether oxygens (including phenoxy) is 1. The van der Waals surface area contributed by atoms with Crippen LogP contribution in [0.1, 0.15) is 6.42 Å². The zero-order chi connectivity index (χ0) is 7.40. The summed E-state index contributed by atoms with van der Waals surface area (Å²) in [6.45, 7) is 1.94. The van der Waals surface area contributed by atoms with Crippen LogP contribution in [0, 0.1) is 0 Å². The van der Waals surface area contributed by atoms with Crippen molar-refractivity contribution in [3.8, 4) is 0 Å². The zero-order valence-corrected chi connectivity index (χ0v) is 5.80. The van der Waals surface area contributed by atoms with Crippen LogP contribution < -0.4 is 11.1 Å². The molecular formula is C6H12N2O2. The number of hydrogen-bond donors (Lipinski definition) is 2. The zero-order valence-electron chi connectivity index (χ0n) is 5.80. The van der Waals surface area contributed by atoms with Crippen molar-refractivity contribution in [3.05, 3.63) is 0 Å². The lowest BCUT2D eigenvalue weighted by Crippen LogP contribution is -2.43. The Morgan fingerprint density at radius 3 is 3.20 bits per heavy atom. The van der Waals surface area contributed by atoms with E-state index >= 15 is 0 Å². The largest absolute Gasteiger partial charge is 0.379 e. The Morgan fingerprint density at radius 1 is 1.70 bits per heavy atom. The number of rotatable bonds is 1. The highest BCUT2D eigenvalue weighted by atomic mass is 16.5. The fraction of sp³-hybridized carbons (Fsp3) is 0.833. The summed E-state index contributed by atoms with van der Waals surface area (Å²) in [5.41, 5.74) is 5.06. The van der Waals surface area contributed by atoms with E-state index in [1.807, 2.05) is 0 Å². The minimum atomic E-state index is -0.332. The topological polar surface area (TPSA) is 64.4 Å². The summed E-state index contributed by atoms with van der Waals surface area (Å²) in [5.74, 6) is -0.332. The second-order valence-corrected chi connectivity index (χ2v) is 2.34. The van der Waals surface area contributed by atoms with Crippen LogP contribution in [0.2, 0.25) is 0 Å². The summed E-state index contributed by atoms with van der Waals surface area (Å²) in [4.78, 5) is 10.6. The van der Waals surface area contributed by atoms with Crippen LogP contribution in [0.3, 0.4) is 0 Å². The van der Waals surface area contributed by atoms with Crippen LogP contribution in [0.25, 0.3) is 0 Å². The molecule has 10 heavy (non-hydrogen) atoms. The van der Waals surface area contributed by atoms with Gasteiger partial charge in [-0.1, -0.05) is 0 Å². The molecule has 1 unspecified atom stereocenters. The van der Waals surface area contributed by atoms with Gasteiger partial charge in [0.15, 0.2) is 0 Å². The van der Waals surface area contributed by atoms with Gasteiger partial charge < -0.3 is 15.8 Å². The molecule has 4 nitrogen and oxygen atoms in total. The Kier molecular flexibility index (Phi) is 2.65. The summed E-state index contributed by atoms with van der Waals surface area (Å²) < 4.78 is 5.11. The molecule has 0 saturated carbocycles. The van der Waals surface area contributed by atoms with Crippen molar-refractivity contribution in [1.82, 2.24) is 5.32 Å². The van der Waals surface area contributed by atoms with Crippen LogP contribution in [0.15, 0.2) is 0 Å². The van der Waals surface area contributed by atoms with Gasteiger partial charge in [0.2, 0.25) is 5.91 Å². The van der Waals surface area contributed by atoms with E-state index in [2.05, 4.69) is 5.32 Å². The van der Waals surface area contributed by atoms with Crippen LogP contribution in [-0.2, 0) is 9.53 Å². The molecule has 1 fully saturated rings. The first-order valence-corrected chi connectivity index (χ1v) is 3.41. The summed E-state index contributed by atoms with van der Waals surface area (Å²) in [5, 5.41) is 2.98. The average Bonchev–Trinajstić information content (AvgIpc) is 2.12. The Labute approximate surface area is 59.7 Å². The molecule has 0 aromatic rings. The second-order valence-electron chi connectivity index (χ2n) is 2.34. The highest BCUT2D eigenvalue weighted by Crippen LogP contribution is 1.92. The number of nitrogens with one attached hydrogen (secondary N) is 1. The molecule has 1 aliphatic heterocycles. The molecule has 1 amide bonds. The van der Waals surface area contributed by atoms with E-state index in [0.717, 1.165) is 19.6 Å². The second kappa shape index (κ2) is 3.53. The maximum absolute atomic E-state index is 10.6. The Hall–Kier alpha value is -0.610. The number of primary amides is 1. The number of carbonyl (C=O) groups excluding carboxylic acids is 1. The summed E-state index contributed by atoms with van der Waals surface area (Å²) >= 11 is 0. The first kappa shape index (κ1) is 7.50. The molecule has 0 aromatic carbocycles. The molecule has 58 valence electrons. The molecule has 4 heteroatoms. The van der Waals surface area contributed by atoms with Crippen molar-refractivity contribution in [2.75, 3.05) is 19.8 Å². The Bertz CT molecular complexity index is 119. The van der Waals surface area contributed by atoms with Crippen molar-refractivity contribution in [2.45, 2.75) is 12.5 Å². The van der Waals surface area contributed by atoms with Gasteiger partial charge in [-0.15, -0.1) is 0 Å². The van der Waals surface area contributed by atoms with Crippen LogP contribution in [0.4, 0.5) is 0 Å². The van der Waals surface area contributed by atoms with Gasteiger partial charge in [-0.25, -0.2) is 0 Å². The number of amides is 1. The molecule has 0 aliphatic carbocycles. The van der Waals surface area contributed by atoms with Crippen molar-refractivity contribution >= 4 is 5.91 Å². The molecule has 0 radical (unpaired) electrons. The molecule has 0 aromatic heterocycles. The summed E-state index contributed by atoms with van der Waals surface area (Å²) in [7, 11) is 0. The van der Waals surface area contributed by atoms with Crippen LogP contribution >= 0.6 is 0 Å². The van der Waals surface area contributed by atoms with E-state index in [9.17, 15) is 4.79 Å². The molecule has 3 N–H and O–H groups in total. The van der Waals surface area contributed by atoms with Crippen molar-refractivity contribution in [2.24, 2.45) is 5.73 Å². The maximum Gasteiger partial charge on any atom is 0.236 e. The van der Waals surface area contributed by atoms with Gasteiger partial charge in [0.05, 0.1) is 6.61 Å². The SMILES string of the molecule is NC(=O)C1COCCCN1. The van der Waals surface area contributed by atoms with Crippen LogP contribution in [-0.4, -0.2) is 31.7 Å². The molecule has 1 atom stereocenters. The average molecular weight is 144 g/mol. The quantitative estimate of drug-likeness (QED) is 0.488. The lowest BCUT2D eigenvalue weighted by molar-refractivity contribution is -0.121. The minimum absolute atomic E-state index is 0.289. The van der Waals surface area contributed by atoms with Gasteiger partial charge in [-0.2, -0.15) is 0 Å². The van der Waals surface area contributed by atoms with E-state index in [1.54, 1.807) is 0 Å². The first-order valence-electron chi connectivity index (χ1n) is 3.41. The van der Waals surface area contributed by atoms with E-state index in [1.165, 1.54) is 0 Å². The van der Waals surface area contributed by atoms with Crippen LogP contribution in [0.5, 0.6) is 0 Å². The number of hydrogen-bond acceptors (Lipinski definition) is 3. The highest BCUT2D eigenvalue weighted by Gasteiger charge is 2.16. The molecule has 0 bridgehead atoms. The maximum atomic E-state index is 10.6. The molecule has 1 aliphatic rings. The van der Waals surface area contributed by atoms with Crippen molar-refractivity contribution in [3.63, 3.8) is 0 Å². The number of nitrogens with two attached hydrogens (primary N) is 1. The Morgan fingerprint density at radius 2 is 2.50 bits per heavy atom. The summed E-state index contributed by atoms with van der Waals surface area (Å²) in [6.07, 6.45) is 0.948. The van der Waals surface area contributed by atoms with E-state index in [-0.39, 0.29) is 11.9 Å². The van der Waals surface area contributed by atoms with E-state index < -0.39 is 0 Å². The van der Waals surface area contributed by atoms with Gasteiger partial charge in [0.1, 0.15) is 6.04 Å². The predicted octanol–water partition coefficient (Wildman–Crippen LogP) is -1.15. The molecule has 1 heterocycles. The third kappa shape index (κ3) is 1.97. The van der Waals surface area contributed by atoms with E-state index in [4.69, 9.17) is 10.5 Å². The van der Waals surface area contributed by atoms with Crippen molar-refractivity contribution in [1.29, 1.82) is 0 Å². The van der Waals surface area contributed by atoms with Gasteiger partial charge in [0, 0.05) is 6.61 Å². The first-order chi connectivity index (χ1) is 4.80. The van der Waals surface area contributed by atoms with Gasteiger partial charge in [-0.3, -0.25) is 4.79 Å². The normalized spacial score (nSPS) is 27.4. The standard InChI is InChI=1S/C6H12N2O2/c7-6(9)5-4-10-3-1-2-8-5/h5,8H,1-4H2,(H2,7,9). The van der Waals surface area contributed by atoms with Gasteiger partial charge in [0.25, 0.3) is 0 Å². The van der Waals surface area contributed by atoms with Gasteiger partial charge >= 0.3 is 0 Å². The van der Waals surface area contributed by atoms with E-state index in [0.29, 0.717) is 6.61 Å². The summed E-state index contributed by atoms with van der Waals surface area (Å²) in [6, 6.07) is -0.289. The monoisotopic (exact) mass is 144 g/mol. The molecule has 0 spiro atoms. The fourth-order valence-electron chi connectivity index (χ4n) is 0.893. The Balaban J connectivity index is 2.35.